The summed E-state index contributed by atoms with van der Waals surface area (Å²) >= 11 is 0. The maximum atomic E-state index is 13.5. The monoisotopic (exact) mass is 579 g/mol. The number of amides is 1. The van der Waals surface area contributed by atoms with Crippen molar-refractivity contribution in [2.45, 2.75) is 58.1 Å². The van der Waals surface area contributed by atoms with Crippen LogP contribution in [0.3, 0.4) is 0 Å². The van der Waals surface area contributed by atoms with Crippen LogP contribution in [0, 0.1) is 5.41 Å². The topological polar surface area (TPSA) is 73.7 Å². The second-order valence-corrected chi connectivity index (χ2v) is 12.2. The summed E-state index contributed by atoms with van der Waals surface area (Å²) in [7, 11) is 0. The third kappa shape index (κ3) is 6.21. The quantitative estimate of drug-likeness (QED) is 0.169. The number of likely N-dealkylation sites (tertiary alicyclic amines) is 1. The molecular weight excluding hydrogens is 538 g/mol. The van der Waals surface area contributed by atoms with E-state index in [4.69, 9.17) is 14.5 Å². The van der Waals surface area contributed by atoms with Crippen molar-refractivity contribution in [1.29, 1.82) is 0 Å². The molecule has 1 aliphatic heterocycles. The zero-order valence-corrected chi connectivity index (χ0v) is 25.5. The second-order valence-electron chi connectivity index (χ2n) is 12.2. The van der Waals surface area contributed by atoms with Crippen molar-refractivity contribution in [2.24, 2.45) is 5.41 Å². The van der Waals surface area contributed by atoms with Crippen LogP contribution in [0.5, 0.6) is 0 Å². The van der Waals surface area contributed by atoms with Gasteiger partial charge in [0.05, 0.1) is 24.0 Å². The first-order valence-electron chi connectivity index (χ1n) is 15.0. The highest BCUT2D eigenvalue weighted by atomic mass is 16.6. The van der Waals surface area contributed by atoms with E-state index in [1.165, 1.54) is 0 Å². The Hall–Kier alpha value is -4.39. The second kappa shape index (κ2) is 12.5. The first-order valence-corrected chi connectivity index (χ1v) is 15.0. The largest absolute Gasteiger partial charge is 0.466 e. The van der Waals surface area contributed by atoms with Gasteiger partial charge in [-0.1, -0.05) is 91.0 Å². The molecule has 0 spiro atoms. The lowest BCUT2D eigenvalue weighted by molar-refractivity contribution is -0.158. The SMILES string of the molecule is CCOC(=O)C1(Cc2cn(C(c3ccccc3)(c3ccccc3)c3ccccc3)cn2)CCN(C(=O)OC(C)(C)C)CC1. The van der Waals surface area contributed by atoms with E-state index >= 15 is 0 Å². The van der Waals surface area contributed by atoms with Crippen LogP contribution in [-0.4, -0.2) is 51.8 Å². The van der Waals surface area contributed by atoms with Gasteiger partial charge in [0.2, 0.25) is 0 Å². The third-order valence-corrected chi connectivity index (χ3v) is 8.20. The molecule has 1 aliphatic rings. The number of carbonyl (C=O) groups excluding carboxylic acids is 2. The van der Waals surface area contributed by atoms with Gasteiger partial charge in [-0.2, -0.15) is 0 Å². The maximum absolute atomic E-state index is 13.5. The standard InChI is InChI=1S/C36H41N3O4/c1-5-42-32(40)35(21-23-38(24-22-35)33(41)43-34(2,3)4)25-31-26-39(27-37-31)36(28-15-9-6-10-16-28,29-17-11-7-12-18-29)30-19-13-8-14-20-30/h6-20,26-27H,5,21-25H2,1-4H3. The maximum Gasteiger partial charge on any atom is 0.410 e. The minimum atomic E-state index is -0.789. The molecule has 0 unspecified atom stereocenters. The molecule has 0 radical (unpaired) electrons. The Labute approximate surface area is 254 Å². The van der Waals surface area contributed by atoms with E-state index in [-0.39, 0.29) is 12.1 Å². The number of piperidine rings is 1. The number of ether oxygens (including phenoxy) is 2. The fraction of sp³-hybridized carbons (Fsp3) is 0.361. The smallest absolute Gasteiger partial charge is 0.410 e. The van der Waals surface area contributed by atoms with Gasteiger partial charge in [-0.3, -0.25) is 4.79 Å². The van der Waals surface area contributed by atoms with Crippen molar-refractivity contribution in [1.82, 2.24) is 14.5 Å². The van der Waals surface area contributed by atoms with Crippen LogP contribution in [0.25, 0.3) is 0 Å². The van der Waals surface area contributed by atoms with Crippen molar-refractivity contribution >= 4 is 12.1 Å². The van der Waals surface area contributed by atoms with E-state index in [1.807, 2.05) is 52.2 Å². The molecule has 1 saturated heterocycles. The van der Waals surface area contributed by atoms with Gasteiger partial charge in [0, 0.05) is 25.7 Å². The Balaban J connectivity index is 1.53. The molecular formula is C36H41N3O4. The highest BCUT2D eigenvalue weighted by Gasteiger charge is 2.45. The molecule has 7 heteroatoms. The van der Waals surface area contributed by atoms with Gasteiger partial charge in [0.15, 0.2) is 0 Å². The first kappa shape index (κ1) is 30.1. The molecule has 1 fully saturated rings. The summed E-state index contributed by atoms with van der Waals surface area (Å²) < 4.78 is 13.4. The highest BCUT2D eigenvalue weighted by molar-refractivity contribution is 5.78. The predicted molar refractivity (Wildman–Crippen MR) is 167 cm³/mol. The van der Waals surface area contributed by atoms with E-state index in [2.05, 4.69) is 83.6 Å². The van der Waals surface area contributed by atoms with Crippen molar-refractivity contribution in [3.63, 3.8) is 0 Å². The molecule has 7 nitrogen and oxygen atoms in total. The van der Waals surface area contributed by atoms with Crippen LogP contribution >= 0.6 is 0 Å². The number of hydrogen-bond acceptors (Lipinski definition) is 5. The molecule has 1 aromatic heterocycles. The summed E-state index contributed by atoms with van der Waals surface area (Å²) in [5.74, 6) is -0.242. The molecule has 0 aliphatic carbocycles. The van der Waals surface area contributed by atoms with E-state index in [9.17, 15) is 9.59 Å². The first-order chi connectivity index (χ1) is 20.7. The molecule has 1 amide bonds. The fourth-order valence-corrected chi connectivity index (χ4v) is 6.15. The van der Waals surface area contributed by atoms with Crippen molar-refractivity contribution in [3.8, 4) is 0 Å². The van der Waals surface area contributed by atoms with Crippen LogP contribution in [0.15, 0.2) is 104 Å². The zero-order chi connectivity index (χ0) is 30.5. The Morgan fingerprint density at radius 2 is 1.30 bits per heavy atom. The van der Waals surface area contributed by atoms with Gasteiger partial charge in [-0.05, 0) is 57.2 Å². The van der Waals surface area contributed by atoms with Gasteiger partial charge in [-0.25, -0.2) is 9.78 Å². The number of carbonyl (C=O) groups is 2. The molecule has 0 saturated carbocycles. The Kier molecular flexibility index (Phi) is 8.71. The third-order valence-electron chi connectivity index (χ3n) is 8.20. The van der Waals surface area contributed by atoms with Crippen molar-refractivity contribution < 1.29 is 19.1 Å². The number of esters is 1. The Morgan fingerprint density at radius 3 is 1.74 bits per heavy atom. The van der Waals surface area contributed by atoms with Crippen molar-refractivity contribution in [3.05, 3.63) is 126 Å². The minimum absolute atomic E-state index is 0.242. The summed E-state index contributed by atoms with van der Waals surface area (Å²) in [6, 6.07) is 31.3. The molecule has 0 atom stereocenters. The summed E-state index contributed by atoms with van der Waals surface area (Å²) in [5.41, 5.74) is 2.04. The Bertz CT molecular complexity index is 1410. The van der Waals surface area contributed by atoms with Gasteiger partial charge in [0.1, 0.15) is 11.1 Å². The van der Waals surface area contributed by atoms with Gasteiger partial charge < -0.3 is 18.9 Å². The molecule has 0 N–H and O–H groups in total. The van der Waals surface area contributed by atoms with E-state index in [1.54, 1.807) is 4.90 Å². The number of nitrogens with zero attached hydrogens (tertiary/aromatic N) is 3. The molecule has 224 valence electrons. The van der Waals surface area contributed by atoms with Gasteiger partial charge in [0.25, 0.3) is 0 Å². The number of hydrogen-bond donors (Lipinski definition) is 0. The number of aromatic nitrogens is 2. The minimum Gasteiger partial charge on any atom is -0.466 e. The molecule has 2 heterocycles. The van der Waals surface area contributed by atoms with E-state index in [0.29, 0.717) is 39.0 Å². The average Bonchev–Trinajstić information content (AvgIpc) is 3.47. The average molecular weight is 580 g/mol. The van der Waals surface area contributed by atoms with Crippen LogP contribution in [0.1, 0.15) is 62.9 Å². The molecule has 5 rings (SSSR count). The molecule has 3 aromatic carbocycles. The van der Waals surface area contributed by atoms with Crippen LogP contribution in [0.2, 0.25) is 0 Å². The van der Waals surface area contributed by atoms with E-state index < -0.39 is 16.6 Å². The molecule has 4 aromatic rings. The van der Waals surface area contributed by atoms with Gasteiger partial charge >= 0.3 is 12.1 Å². The number of benzene rings is 3. The molecule has 43 heavy (non-hydrogen) atoms. The summed E-state index contributed by atoms with van der Waals surface area (Å²) in [4.78, 5) is 32.9. The van der Waals surface area contributed by atoms with Crippen LogP contribution in [0.4, 0.5) is 4.79 Å². The summed E-state index contributed by atoms with van der Waals surface area (Å²) in [6.45, 7) is 8.51. The lowest BCUT2D eigenvalue weighted by atomic mass is 9.74. The number of rotatable bonds is 8. The predicted octanol–water partition coefficient (Wildman–Crippen LogP) is 6.85. The lowest BCUT2D eigenvalue weighted by Crippen LogP contribution is -2.49. The van der Waals surface area contributed by atoms with Crippen LogP contribution in [-0.2, 0) is 26.2 Å². The lowest BCUT2D eigenvalue weighted by Gasteiger charge is -2.40. The van der Waals surface area contributed by atoms with E-state index in [0.717, 1.165) is 22.4 Å². The Morgan fingerprint density at radius 1 is 0.814 bits per heavy atom. The fourth-order valence-electron chi connectivity index (χ4n) is 6.15. The zero-order valence-electron chi connectivity index (χ0n) is 25.5. The van der Waals surface area contributed by atoms with Crippen LogP contribution < -0.4 is 0 Å². The highest BCUT2D eigenvalue weighted by Crippen LogP contribution is 2.42. The van der Waals surface area contributed by atoms with Crippen molar-refractivity contribution in [2.75, 3.05) is 19.7 Å². The molecule has 0 bridgehead atoms. The summed E-state index contributed by atoms with van der Waals surface area (Å²) in [5, 5.41) is 0. The summed E-state index contributed by atoms with van der Waals surface area (Å²) in [6.07, 6.45) is 4.94. The van der Waals surface area contributed by atoms with Gasteiger partial charge in [-0.15, -0.1) is 0 Å². The normalized spacial score (nSPS) is 15.1. The number of imidazole rings is 1.